The van der Waals surface area contributed by atoms with E-state index in [1.165, 1.54) is 12.8 Å². The van der Waals surface area contributed by atoms with Gasteiger partial charge in [-0.05, 0) is 36.6 Å². The first-order chi connectivity index (χ1) is 9.81. The Bertz CT molecular complexity index is 571. The molecule has 1 heterocycles. The Hall–Kier alpha value is -2.10. The molecule has 1 aromatic heterocycles. The molecule has 0 atom stereocenters. The highest BCUT2D eigenvalue weighted by atomic mass is 16.1. The van der Waals surface area contributed by atoms with E-state index >= 15 is 0 Å². The number of aromatic nitrogens is 2. The first-order valence-corrected chi connectivity index (χ1v) is 7.18. The van der Waals surface area contributed by atoms with E-state index < -0.39 is 0 Å². The van der Waals surface area contributed by atoms with Crippen molar-refractivity contribution >= 4 is 5.91 Å². The second-order valence-electron chi connectivity index (χ2n) is 5.36. The van der Waals surface area contributed by atoms with Crippen LogP contribution in [0.5, 0.6) is 0 Å². The van der Waals surface area contributed by atoms with Gasteiger partial charge in [0.1, 0.15) is 0 Å². The Balaban J connectivity index is 1.68. The Morgan fingerprint density at radius 3 is 2.90 bits per heavy atom. The fourth-order valence-corrected chi connectivity index (χ4v) is 2.73. The molecule has 1 N–H and O–H groups in total. The van der Waals surface area contributed by atoms with Crippen molar-refractivity contribution in [3.05, 3.63) is 53.9 Å². The minimum absolute atomic E-state index is 0.0409. The molecule has 104 valence electrons. The van der Waals surface area contributed by atoms with Crippen molar-refractivity contribution in [2.75, 3.05) is 0 Å². The molecule has 0 aliphatic heterocycles. The number of rotatable bonds is 4. The molecule has 1 aliphatic carbocycles. The van der Waals surface area contributed by atoms with Crippen LogP contribution in [0.4, 0.5) is 0 Å². The highest BCUT2D eigenvalue weighted by Gasteiger charge is 2.17. The average Bonchev–Trinajstić information content (AvgIpc) is 3.12. The lowest BCUT2D eigenvalue weighted by Crippen LogP contribution is -2.32. The molecule has 2 aromatic rings. The third-order valence-electron chi connectivity index (χ3n) is 3.78. The highest BCUT2D eigenvalue weighted by Crippen LogP contribution is 2.18. The molecule has 1 aliphatic rings. The summed E-state index contributed by atoms with van der Waals surface area (Å²) in [7, 11) is 0. The van der Waals surface area contributed by atoms with Gasteiger partial charge in [0.15, 0.2) is 0 Å². The zero-order valence-corrected chi connectivity index (χ0v) is 11.5. The van der Waals surface area contributed by atoms with Gasteiger partial charge in [-0.15, -0.1) is 0 Å². The molecule has 0 bridgehead atoms. The molecule has 4 nitrogen and oxygen atoms in total. The van der Waals surface area contributed by atoms with Gasteiger partial charge in [-0.3, -0.25) is 9.48 Å². The monoisotopic (exact) mass is 269 g/mol. The number of amides is 1. The molecule has 0 spiro atoms. The van der Waals surface area contributed by atoms with Crippen LogP contribution in [0.1, 0.15) is 41.6 Å². The van der Waals surface area contributed by atoms with Gasteiger partial charge in [0.2, 0.25) is 0 Å². The Morgan fingerprint density at radius 1 is 1.30 bits per heavy atom. The Labute approximate surface area is 118 Å². The first-order valence-electron chi connectivity index (χ1n) is 7.18. The number of nitrogens with one attached hydrogen (secondary N) is 1. The van der Waals surface area contributed by atoms with Crippen molar-refractivity contribution < 1.29 is 4.79 Å². The van der Waals surface area contributed by atoms with Gasteiger partial charge >= 0.3 is 0 Å². The van der Waals surface area contributed by atoms with Gasteiger partial charge in [-0.1, -0.05) is 25.0 Å². The van der Waals surface area contributed by atoms with Crippen LogP contribution in [-0.2, 0) is 6.54 Å². The highest BCUT2D eigenvalue weighted by molar-refractivity contribution is 5.94. The number of hydrogen-bond donors (Lipinski definition) is 1. The zero-order valence-electron chi connectivity index (χ0n) is 11.5. The van der Waals surface area contributed by atoms with Gasteiger partial charge in [0, 0.05) is 24.0 Å². The molecule has 4 heteroatoms. The Kier molecular flexibility index (Phi) is 3.81. The molecule has 1 aromatic carbocycles. The van der Waals surface area contributed by atoms with E-state index in [4.69, 9.17) is 0 Å². The third kappa shape index (κ3) is 3.07. The largest absolute Gasteiger partial charge is 0.349 e. The van der Waals surface area contributed by atoms with Crippen LogP contribution in [0.25, 0.3) is 0 Å². The lowest BCUT2D eigenvalue weighted by molar-refractivity contribution is 0.0938. The topological polar surface area (TPSA) is 46.9 Å². The minimum atomic E-state index is 0.0409. The van der Waals surface area contributed by atoms with E-state index in [1.54, 1.807) is 6.20 Å². The van der Waals surface area contributed by atoms with Gasteiger partial charge < -0.3 is 5.32 Å². The van der Waals surface area contributed by atoms with Crippen LogP contribution in [0, 0.1) is 0 Å². The summed E-state index contributed by atoms with van der Waals surface area (Å²) >= 11 is 0. The van der Waals surface area contributed by atoms with Crippen LogP contribution in [-0.4, -0.2) is 21.7 Å². The van der Waals surface area contributed by atoms with Crippen LogP contribution in [0.2, 0.25) is 0 Å². The lowest BCUT2D eigenvalue weighted by atomic mass is 10.1. The maximum absolute atomic E-state index is 12.2. The fourth-order valence-electron chi connectivity index (χ4n) is 2.73. The smallest absolute Gasteiger partial charge is 0.251 e. The standard InChI is InChI=1S/C16H19N3O/c20-16(18-15-7-1-2-8-15)14-6-3-5-13(11-14)12-19-10-4-9-17-19/h3-6,9-11,15H,1-2,7-8,12H2,(H,18,20). The van der Waals surface area contributed by atoms with Crippen molar-refractivity contribution in [3.8, 4) is 0 Å². The predicted octanol–water partition coefficient (Wildman–Crippen LogP) is 2.60. The number of nitrogens with zero attached hydrogens (tertiary/aromatic N) is 2. The molecule has 1 amide bonds. The molecular weight excluding hydrogens is 250 g/mol. The molecule has 0 unspecified atom stereocenters. The summed E-state index contributed by atoms with van der Waals surface area (Å²) in [6, 6.07) is 10.0. The Morgan fingerprint density at radius 2 is 2.15 bits per heavy atom. The molecule has 3 rings (SSSR count). The number of carbonyl (C=O) groups is 1. The zero-order chi connectivity index (χ0) is 13.8. The van der Waals surface area contributed by atoms with Crippen LogP contribution >= 0.6 is 0 Å². The normalized spacial score (nSPS) is 15.4. The van der Waals surface area contributed by atoms with E-state index in [9.17, 15) is 4.79 Å². The summed E-state index contributed by atoms with van der Waals surface area (Å²) in [4.78, 5) is 12.2. The van der Waals surface area contributed by atoms with Crippen molar-refractivity contribution in [1.82, 2.24) is 15.1 Å². The van der Waals surface area contributed by atoms with E-state index in [-0.39, 0.29) is 5.91 Å². The number of carbonyl (C=O) groups excluding carboxylic acids is 1. The van der Waals surface area contributed by atoms with Crippen molar-refractivity contribution in [2.24, 2.45) is 0 Å². The van der Waals surface area contributed by atoms with Crippen molar-refractivity contribution in [1.29, 1.82) is 0 Å². The number of benzene rings is 1. The molecular formula is C16H19N3O. The maximum atomic E-state index is 12.2. The van der Waals surface area contributed by atoms with E-state index in [0.717, 1.165) is 24.0 Å². The quantitative estimate of drug-likeness (QED) is 0.927. The van der Waals surface area contributed by atoms with E-state index in [2.05, 4.69) is 10.4 Å². The van der Waals surface area contributed by atoms with Gasteiger partial charge in [0.05, 0.1) is 6.54 Å². The van der Waals surface area contributed by atoms with Crippen LogP contribution in [0.3, 0.4) is 0 Å². The molecule has 0 saturated heterocycles. The second-order valence-corrected chi connectivity index (χ2v) is 5.36. The number of hydrogen-bond acceptors (Lipinski definition) is 2. The second kappa shape index (κ2) is 5.90. The molecule has 1 saturated carbocycles. The summed E-state index contributed by atoms with van der Waals surface area (Å²) in [6.07, 6.45) is 8.36. The van der Waals surface area contributed by atoms with Crippen molar-refractivity contribution in [3.63, 3.8) is 0 Å². The van der Waals surface area contributed by atoms with Crippen LogP contribution < -0.4 is 5.32 Å². The predicted molar refractivity (Wildman–Crippen MR) is 77.5 cm³/mol. The maximum Gasteiger partial charge on any atom is 0.251 e. The summed E-state index contributed by atoms with van der Waals surface area (Å²) in [5.41, 5.74) is 1.83. The summed E-state index contributed by atoms with van der Waals surface area (Å²) < 4.78 is 1.86. The van der Waals surface area contributed by atoms with E-state index in [0.29, 0.717) is 12.6 Å². The lowest BCUT2D eigenvalue weighted by Gasteiger charge is -2.12. The fraction of sp³-hybridized carbons (Fsp3) is 0.375. The van der Waals surface area contributed by atoms with E-state index in [1.807, 2.05) is 41.2 Å². The van der Waals surface area contributed by atoms with Crippen molar-refractivity contribution in [2.45, 2.75) is 38.3 Å². The summed E-state index contributed by atoms with van der Waals surface area (Å²) in [5, 5.41) is 7.31. The third-order valence-corrected chi connectivity index (χ3v) is 3.78. The van der Waals surface area contributed by atoms with Crippen LogP contribution in [0.15, 0.2) is 42.7 Å². The summed E-state index contributed by atoms with van der Waals surface area (Å²) in [5.74, 6) is 0.0409. The first kappa shape index (κ1) is 12.9. The summed E-state index contributed by atoms with van der Waals surface area (Å²) in [6.45, 7) is 0.692. The molecule has 0 radical (unpaired) electrons. The SMILES string of the molecule is O=C(NC1CCCC1)c1cccc(Cn2cccn2)c1. The molecule has 1 fully saturated rings. The van der Waals surface area contributed by atoms with Gasteiger partial charge in [-0.2, -0.15) is 5.10 Å². The average molecular weight is 269 g/mol. The van der Waals surface area contributed by atoms with Gasteiger partial charge in [0.25, 0.3) is 5.91 Å². The molecule has 20 heavy (non-hydrogen) atoms. The van der Waals surface area contributed by atoms with Gasteiger partial charge in [-0.25, -0.2) is 0 Å². The minimum Gasteiger partial charge on any atom is -0.349 e.